The molecule has 4 heteroatoms. The smallest absolute Gasteiger partial charge is 0.330 e. The molecule has 0 unspecified atom stereocenters. The lowest BCUT2D eigenvalue weighted by Gasteiger charge is -2.34. The van der Waals surface area contributed by atoms with Crippen molar-refractivity contribution in [1.82, 2.24) is 0 Å². The van der Waals surface area contributed by atoms with E-state index in [9.17, 15) is 10.1 Å². The largest absolute Gasteiger partial charge is 0.488 e. The van der Waals surface area contributed by atoms with Gasteiger partial charge in [0.25, 0.3) is 0 Å². The van der Waals surface area contributed by atoms with Crippen molar-refractivity contribution in [3.63, 3.8) is 0 Å². The van der Waals surface area contributed by atoms with Crippen LogP contribution in [-0.4, -0.2) is 12.6 Å². The molecule has 0 bridgehead atoms. The van der Waals surface area contributed by atoms with Crippen LogP contribution >= 0.6 is 0 Å². The number of benzene rings is 2. The molecule has 0 radical (unpaired) electrons. The first-order valence-electron chi connectivity index (χ1n) is 13.0. The van der Waals surface area contributed by atoms with Crippen LogP contribution in [0.4, 0.5) is 0 Å². The average molecular weight is 490 g/mol. The summed E-state index contributed by atoms with van der Waals surface area (Å²) >= 11 is 0. The zero-order valence-corrected chi connectivity index (χ0v) is 23.6. The average Bonchev–Trinajstić information content (AvgIpc) is 2.82. The van der Waals surface area contributed by atoms with E-state index >= 15 is 0 Å². The predicted octanol–water partition coefficient (Wildman–Crippen LogP) is 8.02. The van der Waals surface area contributed by atoms with Crippen molar-refractivity contribution in [2.75, 3.05) is 6.61 Å². The number of nitriles is 1. The van der Waals surface area contributed by atoms with Crippen LogP contribution < -0.4 is 4.74 Å². The Hall–Kier alpha value is -3.06. The van der Waals surface area contributed by atoms with E-state index in [-0.39, 0.29) is 16.8 Å². The van der Waals surface area contributed by atoms with Gasteiger partial charge in [-0.2, -0.15) is 5.26 Å². The molecule has 36 heavy (non-hydrogen) atoms. The Morgan fingerprint density at radius 1 is 0.944 bits per heavy atom. The third-order valence-electron chi connectivity index (χ3n) is 6.73. The van der Waals surface area contributed by atoms with E-state index in [0.29, 0.717) is 26.1 Å². The standard InChI is InChI=1S/C32H43NO3/c1-10-32(11-2,22-33)27-20-25(30(4,5)6)19-26(31(7,8)9)29(27)36-21-24-15-13-14-23(18-24)16-17-28(34)35-12-3/h13-20H,10-12,21H2,1-9H3/b17-16+. The van der Waals surface area contributed by atoms with Gasteiger partial charge in [0.05, 0.1) is 18.1 Å². The molecule has 0 N–H and O–H groups in total. The van der Waals surface area contributed by atoms with Crippen molar-refractivity contribution in [2.45, 2.75) is 98.0 Å². The Labute approximate surface area is 218 Å². The monoisotopic (exact) mass is 489 g/mol. The highest BCUT2D eigenvalue weighted by Crippen LogP contribution is 2.45. The molecule has 2 aromatic rings. The molecule has 0 heterocycles. The van der Waals surface area contributed by atoms with Crippen molar-refractivity contribution in [2.24, 2.45) is 0 Å². The zero-order chi connectivity index (χ0) is 27.1. The van der Waals surface area contributed by atoms with Crippen LogP contribution in [-0.2, 0) is 32.4 Å². The normalized spacial score (nSPS) is 12.4. The first-order chi connectivity index (χ1) is 16.8. The minimum Gasteiger partial charge on any atom is -0.488 e. The first kappa shape index (κ1) is 29.2. The third kappa shape index (κ3) is 7.00. The topological polar surface area (TPSA) is 59.3 Å². The highest BCUT2D eigenvalue weighted by atomic mass is 16.5. The lowest BCUT2D eigenvalue weighted by molar-refractivity contribution is -0.137. The summed E-state index contributed by atoms with van der Waals surface area (Å²) in [5, 5.41) is 10.4. The van der Waals surface area contributed by atoms with E-state index in [1.165, 1.54) is 11.6 Å². The molecule has 2 rings (SSSR count). The zero-order valence-electron chi connectivity index (χ0n) is 23.6. The fraction of sp³-hybridized carbons (Fsp3) is 0.500. The Bertz CT molecular complexity index is 1120. The summed E-state index contributed by atoms with van der Waals surface area (Å²) < 4.78 is 11.6. The van der Waals surface area contributed by atoms with Crippen molar-refractivity contribution in [1.29, 1.82) is 5.26 Å². The van der Waals surface area contributed by atoms with Crippen LogP contribution in [0, 0.1) is 11.3 Å². The maximum absolute atomic E-state index is 11.7. The SMILES string of the molecule is CCOC(=O)/C=C/c1cccc(COc2c(C(C)(C)C)cc(C(C)(C)C)cc2C(C#N)(CC)CC)c1. The molecule has 194 valence electrons. The van der Waals surface area contributed by atoms with Crippen LogP contribution in [0.1, 0.15) is 103 Å². The van der Waals surface area contributed by atoms with E-state index in [1.54, 1.807) is 13.0 Å². The fourth-order valence-electron chi connectivity index (χ4n) is 4.28. The van der Waals surface area contributed by atoms with Gasteiger partial charge in [0.15, 0.2) is 0 Å². The van der Waals surface area contributed by atoms with Gasteiger partial charge in [0, 0.05) is 17.2 Å². The molecule has 4 nitrogen and oxygen atoms in total. The third-order valence-corrected chi connectivity index (χ3v) is 6.73. The van der Waals surface area contributed by atoms with E-state index in [0.717, 1.165) is 28.0 Å². The van der Waals surface area contributed by atoms with Gasteiger partial charge < -0.3 is 9.47 Å². The minimum atomic E-state index is -0.624. The molecule has 0 saturated heterocycles. The molecular formula is C32H43NO3. The van der Waals surface area contributed by atoms with Crippen molar-refractivity contribution >= 4 is 12.0 Å². The lowest BCUT2D eigenvalue weighted by atomic mass is 9.71. The molecule has 2 aromatic carbocycles. The van der Waals surface area contributed by atoms with Crippen molar-refractivity contribution in [3.05, 3.63) is 70.3 Å². The predicted molar refractivity (Wildman–Crippen MR) is 148 cm³/mol. The number of hydrogen-bond donors (Lipinski definition) is 0. The van der Waals surface area contributed by atoms with E-state index in [2.05, 4.69) is 73.6 Å². The number of ether oxygens (including phenoxy) is 2. The highest BCUT2D eigenvalue weighted by molar-refractivity contribution is 5.87. The summed E-state index contributed by atoms with van der Waals surface area (Å²) in [6.45, 7) is 19.9. The summed E-state index contributed by atoms with van der Waals surface area (Å²) in [5.74, 6) is 0.456. The molecule has 0 aliphatic carbocycles. The number of esters is 1. The molecular weight excluding hydrogens is 446 g/mol. The number of hydrogen-bond acceptors (Lipinski definition) is 4. The molecule has 0 saturated carbocycles. The quantitative estimate of drug-likeness (QED) is 0.264. The fourth-order valence-corrected chi connectivity index (χ4v) is 4.28. The van der Waals surface area contributed by atoms with Gasteiger partial charge >= 0.3 is 5.97 Å². The number of carbonyl (C=O) groups is 1. The summed E-state index contributed by atoms with van der Waals surface area (Å²) in [4.78, 5) is 11.7. The Balaban J connectivity index is 2.59. The molecule has 0 fully saturated rings. The number of nitrogens with zero attached hydrogens (tertiary/aromatic N) is 1. The number of carbonyl (C=O) groups excluding carboxylic acids is 1. The Kier molecular flexibility index (Phi) is 9.55. The number of rotatable bonds is 9. The van der Waals surface area contributed by atoms with E-state index < -0.39 is 5.41 Å². The summed E-state index contributed by atoms with van der Waals surface area (Å²) in [7, 11) is 0. The second-order valence-corrected chi connectivity index (χ2v) is 11.4. The maximum Gasteiger partial charge on any atom is 0.330 e. The van der Waals surface area contributed by atoms with Gasteiger partial charge in [-0.25, -0.2) is 4.79 Å². The van der Waals surface area contributed by atoms with Crippen LogP contribution in [0.2, 0.25) is 0 Å². The van der Waals surface area contributed by atoms with Crippen LogP contribution in [0.5, 0.6) is 5.75 Å². The van der Waals surface area contributed by atoms with Crippen molar-refractivity contribution < 1.29 is 14.3 Å². The lowest BCUT2D eigenvalue weighted by Crippen LogP contribution is -2.27. The molecule has 0 atom stereocenters. The van der Waals surface area contributed by atoms with Crippen molar-refractivity contribution in [3.8, 4) is 11.8 Å². The molecule has 0 aliphatic rings. The second kappa shape index (κ2) is 11.8. The molecule has 0 aliphatic heterocycles. The van der Waals surface area contributed by atoms with Gasteiger partial charge in [0.2, 0.25) is 0 Å². The van der Waals surface area contributed by atoms with Crippen LogP contribution in [0.15, 0.2) is 42.5 Å². The highest BCUT2D eigenvalue weighted by Gasteiger charge is 2.36. The first-order valence-corrected chi connectivity index (χ1v) is 13.0. The summed E-state index contributed by atoms with van der Waals surface area (Å²) in [6, 6.07) is 15.0. The van der Waals surface area contributed by atoms with E-state index in [1.807, 2.05) is 24.3 Å². The molecule has 0 amide bonds. The van der Waals surface area contributed by atoms with Gasteiger partial charge in [0.1, 0.15) is 12.4 Å². The molecule has 0 aromatic heterocycles. The second-order valence-electron chi connectivity index (χ2n) is 11.4. The van der Waals surface area contributed by atoms with Gasteiger partial charge in [-0.05, 0) is 65.5 Å². The Morgan fingerprint density at radius 3 is 2.11 bits per heavy atom. The summed E-state index contributed by atoms with van der Waals surface area (Å²) in [5.41, 5.74) is 4.34. The summed E-state index contributed by atoms with van der Waals surface area (Å²) in [6.07, 6.45) is 4.61. The van der Waals surface area contributed by atoms with E-state index in [4.69, 9.17) is 9.47 Å². The van der Waals surface area contributed by atoms with Crippen LogP contribution in [0.25, 0.3) is 6.08 Å². The maximum atomic E-state index is 11.7. The van der Waals surface area contributed by atoms with Gasteiger partial charge in [-0.15, -0.1) is 0 Å². The van der Waals surface area contributed by atoms with Gasteiger partial charge in [-0.3, -0.25) is 0 Å². The minimum absolute atomic E-state index is 0.0600. The molecule has 0 spiro atoms. The Morgan fingerprint density at radius 2 is 1.58 bits per heavy atom. The van der Waals surface area contributed by atoms with Gasteiger partial charge in [-0.1, -0.05) is 79.7 Å². The van der Waals surface area contributed by atoms with Crippen LogP contribution in [0.3, 0.4) is 0 Å².